The summed E-state index contributed by atoms with van der Waals surface area (Å²) in [7, 11) is 0. The lowest BCUT2D eigenvalue weighted by Gasteiger charge is -2.22. The van der Waals surface area contributed by atoms with E-state index in [1.165, 1.54) is 23.2 Å². The van der Waals surface area contributed by atoms with Gasteiger partial charge >= 0.3 is 0 Å². The van der Waals surface area contributed by atoms with Crippen LogP contribution in [0.1, 0.15) is 22.3 Å². The number of carbonyl (C=O) groups excluding carboxylic acids is 1. The minimum absolute atomic E-state index is 0.0685. The molecule has 1 amide bonds. The summed E-state index contributed by atoms with van der Waals surface area (Å²) < 4.78 is 0. The first-order valence-corrected chi connectivity index (χ1v) is 10.8. The molecule has 3 aromatic rings. The van der Waals surface area contributed by atoms with Gasteiger partial charge in [0.15, 0.2) is 10.9 Å². The Hall–Kier alpha value is -4.37. The number of carbonyl (C=O) groups is 1. The second-order valence-corrected chi connectivity index (χ2v) is 8.06. The number of nitro groups is 1. The van der Waals surface area contributed by atoms with Gasteiger partial charge in [0.05, 0.1) is 4.92 Å². The molecule has 170 valence electrons. The fraction of sp³-hybridized carbons (Fsp3) is 0.0800. The number of non-ortho nitro benzene ring substituents is 1. The maximum Gasteiger partial charge on any atom is 0.297 e. The third-order valence-electron chi connectivity index (χ3n) is 5.21. The van der Waals surface area contributed by atoms with E-state index in [2.05, 4.69) is 15.7 Å². The average molecular weight is 472 g/mol. The van der Waals surface area contributed by atoms with Gasteiger partial charge in [0, 0.05) is 23.4 Å². The number of benzene rings is 3. The van der Waals surface area contributed by atoms with Crippen molar-refractivity contribution < 1.29 is 9.72 Å². The highest BCUT2D eigenvalue weighted by molar-refractivity contribution is 7.80. The summed E-state index contributed by atoms with van der Waals surface area (Å²) in [6, 6.07) is 21.1. The first kappa shape index (κ1) is 22.8. The zero-order valence-corrected chi connectivity index (χ0v) is 19.3. The number of anilines is 1. The van der Waals surface area contributed by atoms with Crippen LogP contribution in [0.5, 0.6) is 0 Å². The van der Waals surface area contributed by atoms with Gasteiger partial charge < -0.3 is 5.32 Å². The van der Waals surface area contributed by atoms with Gasteiger partial charge in [0.2, 0.25) is 0 Å². The van der Waals surface area contributed by atoms with Crippen LogP contribution in [0.15, 0.2) is 83.5 Å². The van der Waals surface area contributed by atoms with E-state index in [-0.39, 0.29) is 16.5 Å². The highest BCUT2D eigenvalue weighted by atomic mass is 32.1. The number of amidine groups is 1. The van der Waals surface area contributed by atoms with Gasteiger partial charge in [-0.15, -0.1) is 0 Å². The highest BCUT2D eigenvalue weighted by Gasteiger charge is 2.32. The van der Waals surface area contributed by atoms with Crippen LogP contribution in [0.25, 0.3) is 6.08 Å². The summed E-state index contributed by atoms with van der Waals surface area (Å²) in [6.07, 6.45) is 1.52. The number of aliphatic imine (C=N–C) groups is 1. The molecule has 8 nitrogen and oxygen atoms in total. The molecule has 0 aliphatic carbocycles. The molecule has 4 rings (SSSR count). The number of nitro benzene ring substituents is 1. The van der Waals surface area contributed by atoms with Crippen molar-refractivity contribution in [1.82, 2.24) is 10.4 Å². The fourth-order valence-corrected chi connectivity index (χ4v) is 3.74. The Balaban J connectivity index is 1.65. The predicted molar refractivity (Wildman–Crippen MR) is 136 cm³/mol. The Labute approximate surface area is 201 Å². The molecule has 3 aromatic carbocycles. The zero-order valence-electron chi connectivity index (χ0n) is 18.5. The number of rotatable bonds is 5. The minimum atomic E-state index is -0.483. The molecule has 0 radical (unpaired) electrons. The standard InChI is InChI=1S/C25H21N5O3S/c1-16-8-6-9-17(2)22(16)27-25(34)28-29-23(19-11-4-3-5-12-19)26-21(24(29)31)15-18-10-7-13-20(14-18)30(32)33/h3-15H,1-2H3,(H2,27,28,34)/b21-15-. The van der Waals surface area contributed by atoms with Gasteiger partial charge in [-0.1, -0.05) is 60.7 Å². The molecule has 0 saturated heterocycles. The molecular formula is C25H21N5O3S. The van der Waals surface area contributed by atoms with Gasteiger partial charge in [-0.05, 0) is 48.8 Å². The highest BCUT2D eigenvalue weighted by Crippen LogP contribution is 2.23. The second-order valence-electron chi connectivity index (χ2n) is 7.66. The fourth-order valence-electron chi connectivity index (χ4n) is 3.54. The largest absolute Gasteiger partial charge is 0.331 e. The number of nitrogens with one attached hydrogen (secondary N) is 2. The Morgan fingerprint density at radius 3 is 2.38 bits per heavy atom. The van der Waals surface area contributed by atoms with E-state index in [9.17, 15) is 14.9 Å². The van der Waals surface area contributed by atoms with E-state index >= 15 is 0 Å². The van der Waals surface area contributed by atoms with Crippen LogP contribution < -0.4 is 10.7 Å². The summed E-state index contributed by atoms with van der Waals surface area (Å²) in [5, 5.41) is 15.8. The number of hydrazine groups is 1. The monoisotopic (exact) mass is 471 g/mol. The molecule has 34 heavy (non-hydrogen) atoms. The third-order valence-corrected chi connectivity index (χ3v) is 5.40. The number of hydrogen-bond acceptors (Lipinski definition) is 5. The zero-order chi connectivity index (χ0) is 24.2. The van der Waals surface area contributed by atoms with Crippen molar-refractivity contribution in [3.8, 4) is 0 Å². The van der Waals surface area contributed by atoms with Gasteiger partial charge in [0.25, 0.3) is 11.6 Å². The minimum Gasteiger partial charge on any atom is -0.331 e. The van der Waals surface area contributed by atoms with Crippen molar-refractivity contribution in [3.63, 3.8) is 0 Å². The third kappa shape index (κ3) is 4.84. The van der Waals surface area contributed by atoms with Crippen molar-refractivity contribution in [3.05, 3.63) is 111 Å². The lowest BCUT2D eigenvalue weighted by molar-refractivity contribution is -0.384. The molecule has 0 atom stereocenters. The molecule has 0 saturated carbocycles. The van der Waals surface area contributed by atoms with Crippen LogP contribution in [0.2, 0.25) is 0 Å². The number of para-hydroxylation sites is 1. The lowest BCUT2D eigenvalue weighted by atomic mass is 10.1. The summed E-state index contributed by atoms with van der Waals surface area (Å²) >= 11 is 5.50. The smallest absolute Gasteiger partial charge is 0.297 e. The average Bonchev–Trinajstić information content (AvgIpc) is 3.12. The molecule has 0 unspecified atom stereocenters. The summed E-state index contributed by atoms with van der Waals surface area (Å²) in [5.74, 6) is -0.0658. The maximum atomic E-state index is 13.3. The molecule has 2 N–H and O–H groups in total. The van der Waals surface area contributed by atoms with Crippen molar-refractivity contribution in [2.75, 3.05) is 5.32 Å². The van der Waals surface area contributed by atoms with E-state index in [0.29, 0.717) is 17.0 Å². The van der Waals surface area contributed by atoms with E-state index < -0.39 is 10.8 Å². The van der Waals surface area contributed by atoms with Gasteiger partial charge in [0.1, 0.15) is 5.70 Å². The molecule has 9 heteroatoms. The number of nitrogens with zero attached hydrogens (tertiary/aromatic N) is 3. The van der Waals surface area contributed by atoms with Crippen molar-refractivity contribution in [2.45, 2.75) is 13.8 Å². The first-order chi connectivity index (χ1) is 16.3. The van der Waals surface area contributed by atoms with Crippen molar-refractivity contribution >= 4 is 46.5 Å². The van der Waals surface area contributed by atoms with Crippen LogP contribution in [0.3, 0.4) is 0 Å². The molecule has 0 aromatic heterocycles. The number of thiocarbonyl (C=S) groups is 1. The van der Waals surface area contributed by atoms with E-state index in [1.807, 2.05) is 62.4 Å². The topological polar surface area (TPSA) is 99.9 Å². The molecule has 0 bridgehead atoms. The SMILES string of the molecule is Cc1cccc(C)c1NC(=S)NN1C(=O)/C(=C/c2cccc([N+](=O)[O-])c2)N=C1c1ccccc1. The molecule has 1 aliphatic heterocycles. The molecule has 0 spiro atoms. The second kappa shape index (κ2) is 9.63. The van der Waals surface area contributed by atoms with Gasteiger partial charge in [-0.3, -0.25) is 20.3 Å². The first-order valence-electron chi connectivity index (χ1n) is 10.4. The van der Waals surface area contributed by atoms with Crippen LogP contribution >= 0.6 is 12.2 Å². The van der Waals surface area contributed by atoms with Crippen molar-refractivity contribution in [1.29, 1.82) is 0 Å². The Morgan fingerprint density at radius 1 is 1.03 bits per heavy atom. The van der Waals surface area contributed by atoms with Gasteiger partial charge in [-0.2, -0.15) is 5.01 Å². The molecule has 1 aliphatic rings. The summed E-state index contributed by atoms with van der Waals surface area (Å²) in [5.41, 5.74) is 7.10. The normalized spacial score (nSPS) is 14.2. The number of amides is 1. The molecule has 0 fully saturated rings. The van der Waals surface area contributed by atoms with Crippen LogP contribution in [-0.4, -0.2) is 26.8 Å². The Bertz CT molecular complexity index is 1330. The Kier molecular flexibility index (Phi) is 6.46. The van der Waals surface area contributed by atoms with E-state index in [4.69, 9.17) is 12.2 Å². The molecule has 1 heterocycles. The van der Waals surface area contributed by atoms with Crippen LogP contribution in [-0.2, 0) is 4.79 Å². The van der Waals surface area contributed by atoms with E-state index in [1.54, 1.807) is 12.1 Å². The van der Waals surface area contributed by atoms with Crippen LogP contribution in [0, 0.1) is 24.0 Å². The van der Waals surface area contributed by atoms with E-state index in [0.717, 1.165) is 16.8 Å². The summed E-state index contributed by atoms with van der Waals surface area (Å²) in [4.78, 5) is 28.4. The maximum absolute atomic E-state index is 13.3. The summed E-state index contributed by atoms with van der Waals surface area (Å²) in [6.45, 7) is 3.94. The van der Waals surface area contributed by atoms with Gasteiger partial charge in [-0.25, -0.2) is 4.99 Å². The molecular weight excluding hydrogens is 450 g/mol. The quantitative estimate of drug-likeness (QED) is 0.241. The number of hydrogen-bond donors (Lipinski definition) is 2. The lowest BCUT2D eigenvalue weighted by Crippen LogP contribution is -2.49. The van der Waals surface area contributed by atoms with Crippen LogP contribution in [0.4, 0.5) is 11.4 Å². The number of aryl methyl sites for hydroxylation is 2. The Morgan fingerprint density at radius 2 is 1.71 bits per heavy atom. The predicted octanol–water partition coefficient (Wildman–Crippen LogP) is 4.74. The van der Waals surface area contributed by atoms with Crippen molar-refractivity contribution in [2.24, 2.45) is 4.99 Å².